The van der Waals surface area contributed by atoms with Crippen molar-refractivity contribution in [2.45, 2.75) is 26.1 Å². The molecule has 1 rings (SSSR count). The lowest BCUT2D eigenvalue weighted by Gasteiger charge is -2.27. The van der Waals surface area contributed by atoms with Crippen LogP contribution in [0.4, 0.5) is 13.2 Å². The van der Waals surface area contributed by atoms with E-state index in [1.807, 2.05) is 0 Å². The highest BCUT2D eigenvalue weighted by atomic mass is 19.4. The zero-order valence-corrected chi connectivity index (χ0v) is 11.6. The molecule has 1 amide bonds. The van der Waals surface area contributed by atoms with Gasteiger partial charge >= 0.3 is 6.18 Å². The molecule has 1 N–H and O–H groups in total. The minimum Gasteiger partial charge on any atom is -0.384 e. The minimum atomic E-state index is -4.47. The summed E-state index contributed by atoms with van der Waals surface area (Å²) in [6, 6.07) is 0.746. The third-order valence-electron chi connectivity index (χ3n) is 2.53. The van der Waals surface area contributed by atoms with Crippen LogP contribution in [0.5, 0.6) is 0 Å². The second-order valence-corrected chi connectivity index (χ2v) is 4.56. The fourth-order valence-corrected chi connectivity index (χ4v) is 1.61. The van der Waals surface area contributed by atoms with Gasteiger partial charge in [-0.05, 0) is 19.9 Å². The summed E-state index contributed by atoms with van der Waals surface area (Å²) in [5, 5.41) is 8.60. The first-order valence-corrected chi connectivity index (χ1v) is 6.17. The number of nitrogens with zero attached hydrogens (tertiary/aromatic N) is 2. The molecule has 0 unspecified atom stereocenters. The van der Waals surface area contributed by atoms with Gasteiger partial charge in [0.05, 0.1) is 5.56 Å². The molecule has 0 bridgehead atoms. The van der Waals surface area contributed by atoms with Gasteiger partial charge in [0.25, 0.3) is 5.91 Å². The first kappa shape index (κ1) is 17.0. The van der Waals surface area contributed by atoms with Gasteiger partial charge in [0.1, 0.15) is 13.2 Å². The molecule has 0 aromatic carbocycles. The number of alkyl halides is 3. The van der Waals surface area contributed by atoms with Crippen molar-refractivity contribution in [3.05, 3.63) is 29.6 Å². The Kier molecular flexibility index (Phi) is 5.73. The van der Waals surface area contributed by atoms with Crippen LogP contribution in [0, 0.1) is 11.8 Å². The van der Waals surface area contributed by atoms with Crippen LogP contribution in [0.25, 0.3) is 0 Å². The quantitative estimate of drug-likeness (QED) is 0.867. The van der Waals surface area contributed by atoms with E-state index in [2.05, 4.69) is 16.8 Å². The largest absolute Gasteiger partial charge is 0.406 e. The van der Waals surface area contributed by atoms with E-state index in [4.69, 9.17) is 5.11 Å². The van der Waals surface area contributed by atoms with Crippen LogP contribution in [0.15, 0.2) is 18.5 Å². The molecule has 0 aliphatic carbocycles. The molecule has 0 saturated heterocycles. The number of aliphatic hydroxyl groups is 1. The Morgan fingerprint density at radius 3 is 2.62 bits per heavy atom. The molecule has 0 aliphatic rings. The molecular formula is C14H15F3N2O2. The van der Waals surface area contributed by atoms with Crippen molar-refractivity contribution in [2.24, 2.45) is 0 Å². The van der Waals surface area contributed by atoms with Crippen molar-refractivity contribution in [3.63, 3.8) is 0 Å². The minimum absolute atomic E-state index is 0.0256. The maximum absolute atomic E-state index is 12.5. The van der Waals surface area contributed by atoms with Crippen molar-refractivity contribution in [2.75, 3.05) is 13.2 Å². The van der Waals surface area contributed by atoms with Crippen molar-refractivity contribution in [3.8, 4) is 11.8 Å². The lowest BCUT2D eigenvalue weighted by atomic mass is 10.1. The number of halogens is 3. The zero-order valence-electron chi connectivity index (χ0n) is 11.6. The lowest BCUT2D eigenvalue weighted by Crippen LogP contribution is -2.43. The molecule has 0 spiro atoms. The molecule has 4 nitrogen and oxygen atoms in total. The standard InChI is InChI=1S/C14H15F3N2O2/c1-10(2)19(9-14(15,16)17)13(21)12-6-11(4-3-5-20)7-18-8-12/h6-8,10,20H,5,9H2,1-2H3. The Morgan fingerprint density at radius 2 is 2.10 bits per heavy atom. The normalized spacial score (nSPS) is 11.0. The number of aromatic nitrogens is 1. The Morgan fingerprint density at radius 1 is 1.43 bits per heavy atom. The third kappa shape index (κ3) is 5.44. The van der Waals surface area contributed by atoms with Crippen LogP contribution < -0.4 is 0 Å². The maximum atomic E-state index is 12.5. The summed E-state index contributed by atoms with van der Waals surface area (Å²) < 4.78 is 37.6. The number of hydrogen-bond donors (Lipinski definition) is 1. The molecule has 1 heterocycles. The highest BCUT2D eigenvalue weighted by molar-refractivity contribution is 5.94. The Hall–Kier alpha value is -2.07. The van der Waals surface area contributed by atoms with Crippen LogP contribution in [0.3, 0.4) is 0 Å². The molecule has 0 radical (unpaired) electrons. The summed E-state index contributed by atoms with van der Waals surface area (Å²) in [5.74, 6) is 4.17. The van der Waals surface area contributed by atoms with Gasteiger partial charge in [0.2, 0.25) is 0 Å². The van der Waals surface area contributed by atoms with Crippen molar-refractivity contribution < 1.29 is 23.1 Å². The van der Waals surface area contributed by atoms with Crippen LogP contribution in [-0.4, -0.2) is 46.3 Å². The molecule has 1 aromatic heterocycles. The molecule has 0 atom stereocenters. The van der Waals surface area contributed by atoms with Crippen molar-refractivity contribution in [1.29, 1.82) is 0 Å². The van der Waals surface area contributed by atoms with Gasteiger partial charge in [0, 0.05) is 24.0 Å². The molecule has 0 fully saturated rings. The molecule has 114 valence electrons. The molecule has 0 saturated carbocycles. The average molecular weight is 300 g/mol. The fraction of sp³-hybridized carbons (Fsp3) is 0.429. The third-order valence-corrected chi connectivity index (χ3v) is 2.53. The van der Waals surface area contributed by atoms with E-state index in [9.17, 15) is 18.0 Å². The number of pyridine rings is 1. The van der Waals surface area contributed by atoms with Gasteiger partial charge in [-0.3, -0.25) is 9.78 Å². The van der Waals surface area contributed by atoms with E-state index in [1.54, 1.807) is 0 Å². The Balaban J connectivity index is 3.04. The maximum Gasteiger partial charge on any atom is 0.406 e. The summed E-state index contributed by atoms with van der Waals surface area (Å²) >= 11 is 0. The monoisotopic (exact) mass is 300 g/mol. The summed E-state index contributed by atoms with van der Waals surface area (Å²) in [6.07, 6.45) is -1.91. The van der Waals surface area contributed by atoms with Gasteiger partial charge in [-0.25, -0.2) is 0 Å². The number of rotatable bonds is 3. The summed E-state index contributed by atoms with van der Waals surface area (Å²) in [4.78, 5) is 16.7. The van der Waals surface area contributed by atoms with Crippen LogP contribution in [0.1, 0.15) is 29.8 Å². The van der Waals surface area contributed by atoms with Gasteiger partial charge < -0.3 is 10.0 Å². The number of carbonyl (C=O) groups excluding carboxylic acids is 1. The number of carbonyl (C=O) groups is 1. The van der Waals surface area contributed by atoms with Crippen molar-refractivity contribution >= 4 is 5.91 Å². The summed E-state index contributed by atoms with van der Waals surface area (Å²) in [7, 11) is 0. The van der Waals surface area contributed by atoms with E-state index in [0.717, 1.165) is 4.90 Å². The molecule has 21 heavy (non-hydrogen) atoms. The number of amides is 1. The Bertz CT molecular complexity index is 559. The van der Waals surface area contributed by atoms with E-state index in [-0.39, 0.29) is 12.2 Å². The van der Waals surface area contributed by atoms with Crippen molar-refractivity contribution in [1.82, 2.24) is 9.88 Å². The van der Waals surface area contributed by atoms with Crippen LogP contribution in [-0.2, 0) is 0 Å². The first-order chi connectivity index (χ1) is 9.74. The summed E-state index contributed by atoms with van der Waals surface area (Å²) in [5.41, 5.74) is 0.378. The van der Waals surface area contributed by atoms with Gasteiger partial charge in [-0.1, -0.05) is 11.8 Å². The number of aliphatic hydroxyl groups excluding tert-OH is 1. The molecule has 0 aliphatic heterocycles. The second-order valence-electron chi connectivity index (χ2n) is 4.56. The van der Waals surface area contributed by atoms with E-state index < -0.39 is 24.7 Å². The van der Waals surface area contributed by atoms with E-state index in [0.29, 0.717) is 5.56 Å². The molecule has 7 heteroatoms. The number of hydrogen-bond acceptors (Lipinski definition) is 3. The smallest absolute Gasteiger partial charge is 0.384 e. The van der Waals surface area contributed by atoms with Gasteiger partial charge in [-0.2, -0.15) is 13.2 Å². The highest BCUT2D eigenvalue weighted by Gasteiger charge is 2.34. The first-order valence-electron chi connectivity index (χ1n) is 6.17. The van der Waals surface area contributed by atoms with Gasteiger partial charge in [0.15, 0.2) is 0 Å². The predicted octanol–water partition coefficient (Wildman–Crippen LogP) is 1.84. The van der Waals surface area contributed by atoms with Crippen LogP contribution >= 0.6 is 0 Å². The molecular weight excluding hydrogens is 285 g/mol. The topological polar surface area (TPSA) is 53.4 Å². The van der Waals surface area contributed by atoms with E-state index >= 15 is 0 Å². The lowest BCUT2D eigenvalue weighted by molar-refractivity contribution is -0.143. The Labute approximate surface area is 120 Å². The zero-order chi connectivity index (χ0) is 16.0. The second kappa shape index (κ2) is 7.09. The predicted molar refractivity (Wildman–Crippen MR) is 70.4 cm³/mol. The van der Waals surface area contributed by atoms with Gasteiger partial charge in [-0.15, -0.1) is 0 Å². The molecule has 1 aromatic rings. The van der Waals surface area contributed by atoms with E-state index in [1.165, 1.54) is 32.3 Å². The highest BCUT2D eigenvalue weighted by Crippen LogP contribution is 2.20. The SMILES string of the molecule is CC(C)N(CC(F)(F)F)C(=O)c1cncc(C#CCO)c1. The average Bonchev–Trinajstić information content (AvgIpc) is 2.41. The summed E-state index contributed by atoms with van der Waals surface area (Å²) in [6.45, 7) is 1.33. The fourth-order valence-electron chi connectivity index (χ4n) is 1.61. The van der Waals surface area contributed by atoms with Crippen LogP contribution in [0.2, 0.25) is 0 Å².